The number of aliphatic hydroxyl groups is 1. The second-order valence-corrected chi connectivity index (χ2v) is 5.24. The van der Waals surface area contributed by atoms with Gasteiger partial charge in [-0.2, -0.15) is 5.10 Å². The van der Waals surface area contributed by atoms with Gasteiger partial charge in [0.2, 0.25) is 0 Å². The Balaban J connectivity index is 1.98. The van der Waals surface area contributed by atoms with E-state index in [2.05, 4.69) is 24.3 Å². The smallest absolute Gasteiger partial charge is 0.0728 e. The Morgan fingerprint density at radius 3 is 3.18 bits per heavy atom. The number of hydrogen-bond acceptors (Lipinski definition) is 4. The van der Waals surface area contributed by atoms with Crippen LogP contribution >= 0.6 is 0 Å². The lowest BCUT2D eigenvalue weighted by atomic mass is 9.82. The zero-order valence-corrected chi connectivity index (χ0v) is 10.5. The molecule has 1 unspecified atom stereocenters. The van der Waals surface area contributed by atoms with Crippen molar-refractivity contribution in [1.82, 2.24) is 9.78 Å². The van der Waals surface area contributed by atoms with Crippen LogP contribution in [0.4, 0.5) is 5.69 Å². The van der Waals surface area contributed by atoms with Crippen LogP contribution in [0.2, 0.25) is 0 Å². The number of nitrogens with one attached hydrogen (secondary N) is 1. The van der Waals surface area contributed by atoms with Crippen LogP contribution < -0.4 is 5.32 Å². The molecule has 1 aromatic rings. The van der Waals surface area contributed by atoms with E-state index in [-0.39, 0.29) is 12.0 Å². The summed E-state index contributed by atoms with van der Waals surface area (Å²) in [5.41, 5.74) is 1.15. The third-order valence-corrected chi connectivity index (χ3v) is 3.27. The van der Waals surface area contributed by atoms with Gasteiger partial charge in [-0.1, -0.05) is 13.8 Å². The van der Waals surface area contributed by atoms with Crippen LogP contribution in [0.25, 0.3) is 0 Å². The Bertz CT molecular complexity index is 362. The highest BCUT2D eigenvalue weighted by Gasteiger charge is 2.33. The maximum absolute atomic E-state index is 8.84. The van der Waals surface area contributed by atoms with Gasteiger partial charge in [-0.25, -0.2) is 0 Å². The predicted molar refractivity (Wildman–Crippen MR) is 65.9 cm³/mol. The third kappa shape index (κ3) is 2.98. The van der Waals surface area contributed by atoms with Crippen molar-refractivity contribution < 1.29 is 9.84 Å². The van der Waals surface area contributed by atoms with E-state index in [0.717, 1.165) is 25.3 Å². The molecule has 0 bridgehead atoms. The molecule has 5 heteroatoms. The number of rotatable bonds is 4. The first-order valence-electron chi connectivity index (χ1n) is 6.09. The lowest BCUT2D eigenvalue weighted by Gasteiger charge is -2.39. The molecule has 2 N–H and O–H groups in total. The summed E-state index contributed by atoms with van der Waals surface area (Å²) in [6.07, 6.45) is 4.75. The summed E-state index contributed by atoms with van der Waals surface area (Å²) in [4.78, 5) is 0. The summed E-state index contributed by atoms with van der Waals surface area (Å²) in [5, 5.41) is 16.5. The molecular weight excluding hydrogens is 218 g/mol. The van der Waals surface area contributed by atoms with Gasteiger partial charge in [-0.05, 0) is 6.42 Å². The summed E-state index contributed by atoms with van der Waals surface area (Å²) in [7, 11) is 0. The van der Waals surface area contributed by atoms with E-state index in [9.17, 15) is 0 Å². The molecule has 0 radical (unpaired) electrons. The van der Waals surface area contributed by atoms with Gasteiger partial charge in [0.15, 0.2) is 0 Å². The molecule has 1 aliphatic heterocycles. The summed E-state index contributed by atoms with van der Waals surface area (Å²) in [6.45, 7) is 6.67. The molecule has 0 saturated carbocycles. The average molecular weight is 239 g/mol. The maximum Gasteiger partial charge on any atom is 0.0728 e. The van der Waals surface area contributed by atoms with Crippen molar-refractivity contribution in [1.29, 1.82) is 0 Å². The van der Waals surface area contributed by atoms with Crippen LogP contribution in [0.1, 0.15) is 20.3 Å². The highest BCUT2D eigenvalue weighted by molar-refractivity contribution is 5.40. The maximum atomic E-state index is 8.84. The number of anilines is 1. The molecule has 5 nitrogen and oxygen atoms in total. The van der Waals surface area contributed by atoms with Crippen molar-refractivity contribution >= 4 is 5.69 Å². The van der Waals surface area contributed by atoms with Crippen molar-refractivity contribution in [2.24, 2.45) is 5.41 Å². The highest BCUT2D eigenvalue weighted by Crippen LogP contribution is 2.30. The normalized spacial score (nSPS) is 23.6. The van der Waals surface area contributed by atoms with Crippen LogP contribution in [0, 0.1) is 5.41 Å². The van der Waals surface area contributed by atoms with Crippen LogP contribution in [0.3, 0.4) is 0 Å². The first kappa shape index (κ1) is 12.4. The SMILES string of the molecule is CC1(C)COCCC1Nc1cnn(CCO)c1. The van der Waals surface area contributed by atoms with Crippen LogP contribution in [0.5, 0.6) is 0 Å². The minimum absolute atomic E-state index is 0.115. The topological polar surface area (TPSA) is 59.3 Å². The monoisotopic (exact) mass is 239 g/mol. The predicted octanol–water partition coefficient (Wildman–Crippen LogP) is 1.10. The number of hydrogen-bond donors (Lipinski definition) is 2. The van der Waals surface area contributed by atoms with E-state index in [4.69, 9.17) is 9.84 Å². The molecule has 2 heterocycles. The van der Waals surface area contributed by atoms with E-state index in [1.165, 1.54) is 0 Å². The van der Waals surface area contributed by atoms with Crippen LogP contribution in [-0.4, -0.2) is 40.7 Å². The molecule has 1 fully saturated rings. The number of aromatic nitrogens is 2. The molecular formula is C12H21N3O2. The van der Waals surface area contributed by atoms with E-state index < -0.39 is 0 Å². The third-order valence-electron chi connectivity index (χ3n) is 3.27. The number of nitrogens with zero attached hydrogens (tertiary/aromatic N) is 2. The Morgan fingerprint density at radius 2 is 2.47 bits per heavy atom. The second-order valence-electron chi connectivity index (χ2n) is 5.24. The minimum Gasteiger partial charge on any atom is -0.394 e. The quantitative estimate of drug-likeness (QED) is 0.826. The summed E-state index contributed by atoms with van der Waals surface area (Å²) < 4.78 is 7.25. The molecule has 0 aromatic carbocycles. The van der Waals surface area contributed by atoms with Crippen molar-refractivity contribution in [3.8, 4) is 0 Å². The van der Waals surface area contributed by atoms with Crippen LogP contribution in [-0.2, 0) is 11.3 Å². The zero-order valence-electron chi connectivity index (χ0n) is 10.5. The fourth-order valence-electron chi connectivity index (χ4n) is 2.16. The molecule has 1 saturated heterocycles. The van der Waals surface area contributed by atoms with Crippen molar-refractivity contribution in [2.45, 2.75) is 32.9 Å². The first-order chi connectivity index (χ1) is 8.12. The molecule has 0 spiro atoms. The summed E-state index contributed by atoms with van der Waals surface area (Å²) in [5.74, 6) is 0. The fraction of sp³-hybridized carbons (Fsp3) is 0.750. The lowest BCUT2D eigenvalue weighted by molar-refractivity contribution is 0.00347. The van der Waals surface area contributed by atoms with Crippen molar-refractivity contribution in [2.75, 3.05) is 25.1 Å². The molecule has 96 valence electrons. The van der Waals surface area contributed by atoms with Gasteiger partial charge in [0.05, 0.1) is 31.6 Å². The van der Waals surface area contributed by atoms with Gasteiger partial charge < -0.3 is 15.2 Å². The van der Waals surface area contributed by atoms with Gasteiger partial charge >= 0.3 is 0 Å². The molecule has 2 rings (SSSR count). The zero-order chi connectivity index (χ0) is 12.3. The van der Waals surface area contributed by atoms with E-state index >= 15 is 0 Å². The Kier molecular flexibility index (Phi) is 3.69. The molecule has 0 amide bonds. The van der Waals surface area contributed by atoms with Crippen molar-refractivity contribution in [3.05, 3.63) is 12.4 Å². The Hall–Kier alpha value is -1.07. The van der Waals surface area contributed by atoms with Crippen molar-refractivity contribution in [3.63, 3.8) is 0 Å². The fourth-order valence-corrected chi connectivity index (χ4v) is 2.16. The van der Waals surface area contributed by atoms with Gasteiger partial charge in [0, 0.05) is 24.3 Å². The molecule has 0 aliphatic carbocycles. The largest absolute Gasteiger partial charge is 0.394 e. The second kappa shape index (κ2) is 5.06. The van der Waals surface area contributed by atoms with Gasteiger partial charge in [0.25, 0.3) is 0 Å². The van der Waals surface area contributed by atoms with Gasteiger partial charge in [-0.15, -0.1) is 0 Å². The summed E-state index contributed by atoms with van der Waals surface area (Å²) >= 11 is 0. The first-order valence-corrected chi connectivity index (χ1v) is 6.09. The summed E-state index contributed by atoms with van der Waals surface area (Å²) in [6, 6.07) is 0.406. The highest BCUT2D eigenvalue weighted by atomic mass is 16.5. The minimum atomic E-state index is 0.115. The molecule has 1 aromatic heterocycles. The van der Waals surface area contributed by atoms with Crippen LogP contribution in [0.15, 0.2) is 12.4 Å². The average Bonchev–Trinajstić information content (AvgIpc) is 2.70. The molecule has 1 aliphatic rings. The number of ether oxygens (including phenoxy) is 1. The lowest BCUT2D eigenvalue weighted by Crippen LogP contribution is -2.44. The van der Waals surface area contributed by atoms with E-state index in [1.54, 1.807) is 10.9 Å². The molecule has 17 heavy (non-hydrogen) atoms. The standard InChI is InChI=1S/C12H21N3O2/c1-12(2)9-17-6-3-11(12)14-10-7-13-15(8-10)4-5-16/h7-8,11,14,16H,3-6,9H2,1-2H3. The van der Waals surface area contributed by atoms with E-state index in [0.29, 0.717) is 12.6 Å². The molecule has 1 atom stereocenters. The van der Waals surface area contributed by atoms with Gasteiger partial charge in [-0.3, -0.25) is 4.68 Å². The van der Waals surface area contributed by atoms with E-state index in [1.807, 2.05) is 6.20 Å². The Labute approximate surface area is 102 Å². The Morgan fingerprint density at radius 1 is 1.65 bits per heavy atom. The van der Waals surface area contributed by atoms with Gasteiger partial charge in [0.1, 0.15) is 0 Å². The number of aliphatic hydroxyl groups excluding tert-OH is 1.